The van der Waals surface area contributed by atoms with E-state index in [0.717, 1.165) is 19.3 Å². The summed E-state index contributed by atoms with van der Waals surface area (Å²) >= 11 is 4.53. The lowest BCUT2D eigenvalue weighted by Crippen LogP contribution is -2.40. The van der Waals surface area contributed by atoms with Crippen LogP contribution in [0.15, 0.2) is 20.1 Å². The van der Waals surface area contributed by atoms with E-state index in [0.29, 0.717) is 8.68 Å². The maximum atomic E-state index is 12.3. The normalized spacial score (nSPS) is 24.1. The lowest BCUT2D eigenvalue weighted by molar-refractivity contribution is 0.212. The predicted molar refractivity (Wildman–Crippen MR) is 78.4 cm³/mol. The maximum Gasteiger partial charge on any atom is 0.251 e. The Hall–Kier alpha value is 0.0900. The van der Waals surface area contributed by atoms with Crippen molar-refractivity contribution in [3.8, 4) is 0 Å². The summed E-state index contributed by atoms with van der Waals surface area (Å²) in [7, 11) is -3.38. The third kappa shape index (κ3) is 3.35. The van der Waals surface area contributed by atoms with Gasteiger partial charge in [-0.05, 0) is 52.1 Å². The van der Waals surface area contributed by atoms with Gasteiger partial charge in [0.15, 0.2) is 0 Å². The fourth-order valence-electron chi connectivity index (χ4n) is 2.54. The zero-order chi connectivity index (χ0) is 13.4. The summed E-state index contributed by atoms with van der Waals surface area (Å²) in [4.78, 5) is 0. The van der Waals surface area contributed by atoms with Crippen LogP contribution >= 0.6 is 27.3 Å². The summed E-state index contributed by atoms with van der Waals surface area (Å²) in [6.07, 6.45) is 4.11. The molecule has 1 aromatic rings. The molecule has 6 heteroatoms. The Labute approximate surface area is 121 Å². The number of sulfonamides is 1. The van der Waals surface area contributed by atoms with Gasteiger partial charge in [0.1, 0.15) is 4.21 Å². The van der Waals surface area contributed by atoms with E-state index in [9.17, 15) is 8.42 Å². The molecular formula is C12H18BrNO2S2. The first-order valence-corrected chi connectivity index (χ1v) is 9.21. The molecule has 1 heterocycles. The molecule has 1 saturated carbocycles. The minimum atomic E-state index is -3.38. The van der Waals surface area contributed by atoms with E-state index in [1.54, 1.807) is 11.4 Å². The van der Waals surface area contributed by atoms with Crippen LogP contribution in [0.4, 0.5) is 0 Å². The number of hydrogen-bond donors (Lipinski definition) is 1. The molecule has 1 N–H and O–H groups in total. The SMILES string of the molecule is CC1(C)CCCC(NS(=O)(=O)c2sccc2Br)C1. The highest BCUT2D eigenvalue weighted by atomic mass is 79.9. The summed E-state index contributed by atoms with van der Waals surface area (Å²) in [6, 6.07) is 1.83. The van der Waals surface area contributed by atoms with Gasteiger partial charge in [0, 0.05) is 10.5 Å². The molecule has 0 spiro atoms. The molecule has 0 amide bonds. The Balaban J connectivity index is 2.12. The smallest absolute Gasteiger partial charge is 0.207 e. The third-order valence-corrected chi connectivity index (χ3v) is 7.55. The van der Waals surface area contributed by atoms with Crippen molar-refractivity contribution in [3.05, 3.63) is 15.9 Å². The van der Waals surface area contributed by atoms with Crippen LogP contribution in [0.25, 0.3) is 0 Å². The second-order valence-corrected chi connectivity index (χ2v) is 9.31. The fraction of sp³-hybridized carbons (Fsp3) is 0.667. The topological polar surface area (TPSA) is 46.2 Å². The molecule has 0 bridgehead atoms. The fourth-order valence-corrected chi connectivity index (χ4v) is 6.17. The van der Waals surface area contributed by atoms with E-state index in [-0.39, 0.29) is 11.5 Å². The maximum absolute atomic E-state index is 12.3. The third-order valence-electron chi connectivity index (χ3n) is 3.36. The van der Waals surface area contributed by atoms with E-state index in [1.165, 1.54) is 17.8 Å². The number of hydrogen-bond acceptors (Lipinski definition) is 3. The van der Waals surface area contributed by atoms with Crippen molar-refractivity contribution in [1.29, 1.82) is 0 Å². The van der Waals surface area contributed by atoms with E-state index in [1.807, 2.05) is 0 Å². The first-order chi connectivity index (χ1) is 8.30. The van der Waals surface area contributed by atoms with E-state index in [4.69, 9.17) is 0 Å². The highest BCUT2D eigenvalue weighted by Gasteiger charge is 2.31. The van der Waals surface area contributed by atoms with Crippen molar-refractivity contribution in [3.63, 3.8) is 0 Å². The van der Waals surface area contributed by atoms with Gasteiger partial charge in [-0.1, -0.05) is 20.3 Å². The Bertz CT molecular complexity index is 522. The molecule has 1 atom stereocenters. The molecule has 1 aromatic heterocycles. The highest BCUT2D eigenvalue weighted by Crippen LogP contribution is 2.36. The minimum Gasteiger partial charge on any atom is -0.207 e. The van der Waals surface area contributed by atoms with Crippen LogP contribution in [0.2, 0.25) is 0 Å². The molecule has 0 aliphatic heterocycles. The van der Waals surface area contributed by atoms with Gasteiger partial charge in [0.05, 0.1) is 0 Å². The molecule has 3 nitrogen and oxygen atoms in total. The molecule has 0 saturated heterocycles. The van der Waals surface area contributed by atoms with Crippen molar-refractivity contribution in [2.24, 2.45) is 5.41 Å². The molecule has 1 aliphatic rings. The van der Waals surface area contributed by atoms with Crippen molar-refractivity contribution in [1.82, 2.24) is 4.72 Å². The van der Waals surface area contributed by atoms with Crippen LogP contribution in [0.1, 0.15) is 39.5 Å². The number of rotatable bonds is 3. The van der Waals surface area contributed by atoms with Crippen molar-refractivity contribution < 1.29 is 8.42 Å². The molecule has 1 aliphatic carbocycles. The molecule has 2 rings (SSSR count). The highest BCUT2D eigenvalue weighted by molar-refractivity contribution is 9.10. The standard InChI is InChI=1S/C12H18BrNO2S2/c1-12(2)6-3-4-9(8-12)14-18(15,16)11-10(13)5-7-17-11/h5,7,9,14H,3-4,6,8H2,1-2H3. The Kier molecular flexibility index (Phi) is 4.21. The lowest BCUT2D eigenvalue weighted by Gasteiger charge is -2.35. The number of thiophene rings is 1. The number of halogens is 1. The molecule has 0 aromatic carbocycles. The monoisotopic (exact) mass is 351 g/mol. The van der Waals surface area contributed by atoms with Crippen molar-refractivity contribution >= 4 is 37.3 Å². The second-order valence-electron chi connectivity index (χ2n) is 5.63. The summed E-state index contributed by atoms with van der Waals surface area (Å²) < 4.78 is 28.4. The van der Waals surface area contributed by atoms with Gasteiger partial charge in [0.25, 0.3) is 10.0 Å². The van der Waals surface area contributed by atoms with Crippen LogP contribution in [0.5, 0.6) is 0 Å². The van der Waals surface area contributed by atoms with Crippen LogP contribution in [0.3, 0.4) is 0 Å². The Morgan fingerprint density at radius 1 is 1.50 bits per heavy atom. The summed E-state index contributed by atoms with van der Waals surface area (Å²) in [5.41, 5.74) is 0.234. The van der Waals surface area contributed by atoms with Gasteiger partial charge in [-0.25, -0.2) is 13.1 Å². The Morgan fingerprint density at radius 3 is 2.78 bits per heavy atom. The second kappa shape index (κ2) is 5.23. The van der Waals surface area contributed by atoms with Crippen LogP contribution in [-0.4, -0.2) is 14.5 Å². The quantitative estimate of drug-likeness (QED) is 0.900. The molecule has 0 radical (unpaired) electrons. The summed E-state index contributed by atoms with van der Waals surface area (Å²) in [6.45, 7) is 4.41. The predicted octanol–water partition coefficient (Wildman–Crippen LogP) is 3.76. The molecule has 18 heavy (non-hydrogen) atoms. The molecule has 1 fully saturated rings. The minimum absolute atomic E-state index is 0.0627. The molecule has 1 unspecified atom stereocenters. The summed E-state index contributed by atoms with van der Waals surface area (Å²) in [5.74, 6) is 0. The van der Waals surface area contributed by atoms with Gasteiger partial charge in [0.2, 0.25) is 0 Å². The van der Waals surface area contributed by atoms with Crippen molar-refractivity contribution in [2.75, 3.05) is 0 Å². The van der Waals surface area contributed by atoms with Crippen LogP contribution < -0.4 is 4.72 Å². The zero-order valence-electron chi connectivity index (χ0n) is 10.6. The van der Waals surface area contributed by atoms with Gasteiger partial charge in [-0.3, -0.25) is 0 Å². The van der Waals surface area contributed by atoms with Gasteiger partial charge < -0.3 is 0 Å². The van der Waals surface area contributed by atoms with Gasteiger partial charge in [-0.2, -0.15) is 0 Å². The van der Waals surface area contributed by atoms with Crippen molar-refractivity contribution in [2.45, 2.75) is 49.8 Å². The average molecular weight is 352 g/mol. The average Bonchev–Trinajstić information content (AvgIpc) is 2.62. The summed E-state index contributed by atoms with van der Waals surface area (Å²) in [5, 5.41) is 1.78. The van der Waals surface area contributed by atoms with Gasteiger partial charge >= 0.3 is 0 Å². The zero-order valence-corrected chi connectivity index (χ0v) is 13.8. The largest absolute Gasteiger partial charge is 0.251 e. The van der Waals surface area contributed by atoms with Gasteiger partial charge in [-0.15, -0.1) is 11.3 Å². The van der Waals surface area contributed by atoms with Crippen LogP contribution in [0, 0.1) is 5.41 Å². The number of nitrogens with one attached hydrogen (secondary N) is 1. The van der Waals surface area contributed by atoms with E-state index < -0.39 is 10.0 Å². The molecule has 102 valence electrons. The first kappa shape index (κ1) is 14.5. The lowest BCUT2D eigenvalue weighted by atomic mass is 9.75. The van der Waals surface area contributed by atoms with Crippen LogP contribution in [-0.2, 0) is 10.0 Å². The molecular weight excluding hydrogens is 334 g/mol. The van der Waals surface area contributed by atoms with E-state index in [2.05, 4.69) is 34.5 Å². The Morgan fingerprint density at radius 2 is 2.22 bits per heavy atom. The van der Waals surface area contributed by atoms with E-state index >= 15 is 0 Å². The first-order valence-electron chi connectivity index (χ1n) is 6.05.